The van der Waals surface area contributed by atoms with Crippen molar-refractivity contribution in [1.82, 2.24) is 24.4 Å². The van der Waals surface area contributed by atoms with Crippen molar-refractivity contribution in [2.45, 2.75) is 38.1 Å². The van der Waals surface area contributed by atoms with E-state index in [0.29, 0.717) is 48.6 Å². The summed E-state index contributed by atoms with van der Waals surface area (Å²) in [5.74, 6) is -0.553. The van der Waals surface area contributed by atoms with Crippen LogP contribution < -0.4 is 10.6 Å². The van der Waals surface area contributed by atoms with Gasteiger partial charge in [-0.3, -0.25) is 9.78 Å². The maximum Gasteiger partial charge on any atom is 0.355 e. The highest BCUT2D eigenvalue weighted by molar-refractivity contribution is 7.98. The summed E-state index contributed by atoms with van der Waals surface area (Å²) in [6, 6.07) is 2.99. The van der Waals surface area contributed by atoms with Gasteiger partial charge in [0, 0.05) is 36.3 Å². The number of amides is 1. The predicted molar refractivity (Wildman–Crippen MR) is 137 cm³/mol. The Balaban J connectivity index is 1.97. The number of thioether (sulfide) groups is 1. The van der Waals surface area contributed by atoms with Gasteiger partial charge in [0.25, 0.3) is 0 Å². The van der Waals surface area contributed by atoms with E-state index in [0.717, 1.165) is 10.6 Å². The van der Waals surface area contributed by atoms with Gasteiger partial charge in [-0.05, 0) is 44.7 Å². The van der Waals surface area contributed by atoms with Crippen LogP contribution in [0.4, 0.5) is 10.2 Å². The van der Waals surface area contributed by atoms with Crippen molar-refractivity contribution in [3.8, 4) is 5.69 Å². The number of rotatable bonds is 5. The first kappa shape index (κ1) is 25.1. The van der Waals surface area contributed by atoms with Gasteiger partial charge in [-0.1, -0.05) is 25.1 Å². The quantitative estimate of drug-likeness (QED) is 0.290. The Labute approximate surface area is 211 Å². The second kappa shape index (κ2) is 9.94. The summed E-state index contributed by atoms with van der Waals surface area (Å²) in [6.45, 7) is 10.6. The smallest absolute Gasteiger partial charge is 0.350 e. The molecule has 1 aliphatic heterocycles. The first-order valence-electron chi connectivity index (χ1n) is 11.2. The van der Waals surface area contributed by atoms with Crippen molar-refractivity contribution in [3.05, 3.63) is 57.6 Å². The van der Waals surface area contributed by atoms with Crippen LogP contribution in [-0.2, 0) is 11.2 Å². The van der Waals surface area contributed by atoms with E-state index in [1.165, 1.54) is 28.5 Å². The number of anilines is 1. The number of fused-ring (bicyclic) bond motifs is 1. The highest BCUT2D eigenvalue weighted by Crippen LogP contribution is 2.33. The normalized spacial score (nSPS) is 16.1. The fraction of sp³-hybridized carbons (Fsp3) is 0.375. The molecule has 0 aliphatic carbocycles. The number of halogens is 2. The maximum absolute atomic E-state index is 14.7. The van der Waals surface area contributed by atoms with Crippen LogP contribution in [0.1, 0.15) is 25.2 Å². The predicted octanol–water partition coefficient (Wildman–Crippen LogP) is 3.78. The van der Waals surface area contributed by atoms with Crippen molar-refractivity contribution < 1.29 is 9.18 Å². The molecule has 4 rings (SSSR count). The molecule has 1 atom stereocenters. The van der Waals surface area contributed by atoms with Gasteiger partial charge in [0.15, 0.2) is 16.6 Å². The van der Waals surface area contributed by atoms with Crippen LogP contribution in [0.2, 0.25) is 5.15 Å². The minimum atomic E-state index is -0.705. The lowest BCUT2D eigenvalue weighted by Gasteiger charge is -2.40. The van der Waals surface area contributed by atoms with Crippen molar-refractivity contribution in [1.29, 1.82) is 0 Å². The molecule has 1 saturated heterocycles. The van der Waals surface area contributed by atoms with E-state index in [4.69, 9.17) is 11.6 Å². The van der Waals surface area contributed by atoms with Gasteiger partial charge in [0.05, 0.1) is 16.8 Å². The van der Waals surface area contributed by atoms with E-state index in [9.17, 15) is 14.0 Å². The molecule has 0 aromatic carbocycles. The first-order chi connectivity index (χ1) is 16.7. The number of aromatic nitrogens is 4. The molecule has 3 aromatic heterocycles. The minimum Gasteiger partial charge on any atom is -0.350 e. The number of pyridine rings is 2. The fourth-order valence-electron chi connectivity index (χ4n) is 4.45. The highest BCUT2D eigenvalue weighted by Gasteiger charge is 2.30. The first-order valence-corrected chi connectivity index (χ1v) is 12.8. The molecule has 1 aliphatic rings. The molecule has 0 unspecified atom stereocenters. The van der Waals surface area contributed by atoms with Crippen LogP contribution in [0.5, 0.6) is 0 Å². The van der Waals surface area contributed by atoms with Gasteiger partial charge in [-0.15, -0.1) is 11.8 Å². The molecule has 3 aromatic rings. The summed E-state index contributed by atoms with van der Waals surface area (Å²) in [5, 5.41) is 0.0256. The Kier molecular flexibility index (Phi) is 7.14. The van der Waals surface area contributed by atoms with Crippen LogP contribution in [0.3, 0.4) is 0 Å². The summed E-state index contributed by atoms with van der Waals surface area (Å²) in [7, 11) is 0. The van der Waals surface area contributed by atoms with Crippen LogP contribution >= 0.6 is 23.4 Å². The summed E-state index contributed by atoms with van der Waals surface area (Å²) in [4.78, 5) is 43.4. The Morgan fingerprint density at radius 2 is 2.06 bits per heavy atom. The lowest BCUT2D eigenvalue weighted by Crippen LogP contribution is -2.54. The van der Waals surface area contributed by atoms with Gasteiger partial charge in [0.1, 0.15) is 5.82 Å². The molecular formula is C24H26ClFN6O2S. The number of carbonyl (C=O) groups excluding carboxylic acids is 1. The lowest BCUT2D eigenvalue weighted by atomic mass is 10.1. The fourth-order valence-corrected chi connectivity index (χ4v) is 5.27. The number of piperazine rings is 1. The number of hydrogen-bond acceptors (Lipinski definition) is 7. The van der Waals surface area contributed by atoms with E-state index in [-0.39, 0.29) is 22.7 Å². The second-order valence-corrected chi connectivity index (χ2v) is 9.54. The van der Waals surface area contributed by atoms with Crippen LogP contribution in [-0.4, -0.2) is 62.3 Å². The van der Waals surface area contributed by atoms with Crippen LogP contribution in [0.15, 0.2) is 34.5 Å². The zero-order chi connectivity index (χ0) is 25.4. The summed E-state index contributed by atoms with van der Waals surface area (Å²) < 4.78 is 16.1. The largest absolute Gasteiger partial charge is 0.355 e. The third kappa shape index (κ3) is 4.52. The molecule has 8 nitrogen and oxygen atoms in total. The molecule has 184 valence electrons. The van der Waals surface area contributed by atoms with Gasteiger partial charge in [-0.25, -0.2) is 18.7 Å². The van der Waals surface area contributed by atoms with Crippen molar-refractivity contribution in [2.24, 2.45) is 0 Å². The Bertz CT molecular complexity index is 1370. The van der Waals surface area contributed by atoms with E-state index in [2.05, 4.69) is 21.5 Å². The summed E-state index contributed by atoms with van der Waals surface area (Å²) >= 11 is 7.58. The number of nitrogens with zero attached hydrogens (tertiary/aromatic N) is 6. The average Bonchev–Trinajstić information content (AvgIpc) is 2.84. The standard InChI is InChI=1S/C24H26ClFN6O2S/c1-6-17-20(18(35-5)10-13(3)27-17)32-23-15(11-16(26)21(25)28-23)22(29-24(32)34)31-9-8-30(12-14(31)4)19(33)7-2/h7,10-11,14H,2,6,8-9,12H2,1,3-5H3/t14-/m0/s1. The molecule has 35 heavy (non-hydrogen) atoms. The van der Waals surface area contributed by atoms with Crippen molar-refractivity contribution in [2.75, 3.05) is 30.8 Å². The molecule has 1 fully saturated rings. The Morgan fingerprint density at radius 1 is 1.31 bits per heavy atom. The topological polar surface area (TPSA) is 84.2 Å². The maximum atomic E-state index is 14.7. The molecule has 4 heterocycles. The molecule has 0 radical (unpaired) electrons. The van der Waals surface area contributed by atoms with Gasteiger partial charge in [0.2, 0.25) is 5.91 Å². The molecule has 0 spiro atoms. The average molecular weight is 517 g/mol. The Hall–Kier alpha value is -2.98. The van der Waals surface area contributed by atoms with E-state index in [1.807, 2.05) is 38.0 Å². The van der Waals surface area contributed by atoms with Crippen molar-refractivity contribution in [3.63, 3.8) is 0 Å². The Morgan fingerprint density at radius 3 is 2.69 bits per heavy atom. The van der Waals surface area contributed by atoms with Crippen molar-refractivity contribution >= 4 is 46.1 Å². The number of hydrogen-bond donors (Lipinski definition) is 0. The number of aryl methyl sites for hydroxylation is 2. The molecule has 0 saturated carbocycles. The van der Waals surface area contributed by atoms with Crippen LogP contribution in [0.25, 0.3) is 16.7 Å². The number of carbonyl (C=O) groups is 1. The summed E-state index contributed by atoms with van der Waals surface area (Å²) in [5.41, 5.74) is 1.76. The minimum absolute atomic E-state index is 0.159. The lowest BCUT2D eigenvalue weighted by molar-refractivity contribution is -0.126. The van der Waals surface area contributed by atoms with E-state index in [1.54, 1.807) is 4.90 Å². The third-order valence-electron chi connectivity index (χ3n) is 6.08. The zero-order valence-electron chi connectivity index (χ0n) is 20.0. The van der Waals surface area contributed by atoms with Gasteiger partial charge in [-0.2, -0.15) is 4.98 Å². The van der Waals surface area contributed by atoms with Gasteiger partial charge >= 0.3 is 5.69 Å². The molecular weight excluding hydrogens is 491 g/mol. The zero-order valence-corrected chi connectivity index (χ0v) is 21.6. The second-order valence-electron chi connectivity index (χ2n) is 8.33. The monoisotopic (exact) mass is 516 g/mol. The molecule has 1 amide bonds. The third-order valence-corrected chi connectivity index (χ3v) is 7.10. The summed E-state index contributed by atoms with van der Waals surface area (Å²) in [6.07, 6.45) is 3.77. The highest BCUT2D eigenvalue weighted by atomic mass is 35.5. The van der Waals surface area contributed by atoms with E-state index >= 15 is 0 Å². The van der Waals surface area contributed by atoms with Crippen LogP contribution in [0, 0.1) is 12.7 Å². The molecule has 11 heteroatoms. The molecule has 0 N–H and O–H groups in total. The SMILES string of the molecule is C=CC(=O)N1CCN(c2nc(=O)n(-c3c(SC)cc(C)nc3CC)c3nc(Cl)c(F)cc23)[C@@H](C)C1. The van der Waals surface area contributed by atoms with Gasteiger partial charge < -0.3 is 9.80 Å². The van der Waals surface area contributed by atoms with E-state index < -0.39 is 11.5 Å². The molecule has 0 bridgehead atoms.